The fourth-order valence-electron chi connectivity index (χ4n) is 3.01. The maximum atomic E-state index is 12.4. The van der Waals surface area contributed by atoms with Crippen molar-refractivity contribution in [2.45, 2.75) is 25.8 Å². The summed E-state index contributed by atoms with van der Waals surface area (Å²) in [4.78, 5) is 19.8. The van der Waals surface area contributed by atoms with Gasteiger partial charge in [0.2, 0.25) is 5.82 Å². The molecule has 4 rings (SSSR count). The van der Waals surface area contributed by atoms with Gasteiger partial charge in [0, 0.05) is 23.3 Å². The van der Waals surface area contributed by atoms with Crippen LogP contribution in [0.15, 0.2) is 65.3 Å². The van der Waals surface area contributed by atoms with E-state index in [2.05, 4.69) is 32.6 Å². The summed E-state index contributed by atoms with van der Waals surface area (Å²) in [6.07, 6.45) is 3.61. The molecule has 2 heterocycles. The summed E-state index contributed by atoms with van der Waals surface area (Å²) >= 11 is 0. The number of amides is 1. The molecule has 0 aliphatic heterocycles. The Labute approximate surface area is 156 Å². The third-order valence-corrected chi connectivity index (χ3v) is 4.52. The standard InChI is InChI=1S/C21H20N4O2/c1-14(7-8-15-5-3-2-4-6-15)23-20(26)21-24-19(25-27-21)17-10-9-16-11-12-22-18(16)13-17/h2-6,9-14,22H,7-8H2,1H3,(H,23,26)/t14-/m1/s1. The van der Waals surface area contributed by atoms with Crippen molar-refractivity contribution in [3.8, 4) is 11.4 Å². The number of H-pyrrole nitrogens is 1. The van der Waals surface area contributed by atoms with Crippen LogP contribution in [0.4, 0.5) is 0 Å². The van der Waals surface area contributed by atoms with E-state index < -0.39 is 0 Å². The van der Waals surface area contributed by atoms with E-state index in [4.69, 9.17) is 4.52 Å². The second kappa shape index (κ2) is 7.45. The molecule has 0 saturated carbocycles. The predicted molar refractivity (Wildman–Crippen MR) is 103 cm³/mol. The summed E-state index contributed by atoms with van der Waals surface area (Å²) in [5.74, 6) is 0.0204. The van der Waals surface area contributed by atoms with Crippen LogP contribution in [0.2, 0.25) is 0 Å². The van der Waals surface area contributed by atoms with Gasteiger partial charge in [-0.05, 0) is 42.8 Å². The van der Waals surface area contributed by atoms with Gasteiger partial charge in [-0.2, -0.15) is 4.98 Å². The molecule has 0 aliphatic rings. The Morgan fingerprint density at radius 1 is 1.19 bits per heavy atom. The van der Waals surface area contributed by atoms with Crippen LogP contribution in [-0.2, 0) is 6.42 Å². The van der Waals surface area contributed by atoms with Gasteiger partial charge in [-0.25, -0.2) is 0 Å². The Bertz CT molecular complexity index is 1050. The average molecular weight is 360 g/mol. The number of carbonyl (C=O) groups excluding carboxylic acids is 1. The molecule has 1 amide bonds. The summed E-state index contributed by atoms with van der Waals surface area (Å²) in [6.45, 7) is 1.97. The van der Waals surface area contributed by atoms with Crippen molar-refractivity contribution in [2.24, 2.45) is 0 Å². The minimum absolute atomic E-state index is 0.00308. The number of benzene rings is 2. The highest BCUT2D eigenvalue weighted by Crippen LogP contribution is 2.21. The summed E-state index contributed by atoms with van der Waals surface area (Å²) in [5.41, 5.74) is 3.03. The molecule has 2 aromatic heterocycles. The van der Waals surface area contributed by atoms with Crippen molar-refractivity contribution < 1.29 is 9.32 Å². The first-order chi connectivity index (χ1) is 13.2. The van der Waals surface area contributed by atoms with Gasteiger partial charge in [0.1, 0.15) is 0 Å². The van der Waals surface area contributed by atoms with Crippen LogP contribution < -0.4 is 5.32 Å². The van der Waals surface area contributed by atoms with Crippen molar-refractivity contribution >= 4 is 16.8 Å². The highest BCUT2D eigenvalue weighted by molar-refractivity contribution is 5.90. The molecule has 0 unspecified atom stereocenters. The molecule has 4 aromatic rings. The summed E-state index contributed by atoms with van der Waals surface area (Å²) in [7, 11) is 0. The fraction of sp³-hybridized carbons (Fsp3) is 0.190. The van der Waals surface area contributed by atoms with Gasteiger partial charge >= 0.3 is 11.8 Å². The van der Waals surface area contributed by atoms with Crippen LogP contribution >= 0.6 is 0 Å². The number of nitrogens with zero attached hydrogens (tertiary/aromatic N) is 2. The first-order valence-electron chi connectivity index (χ1n) is 8.95. The lowest BCUT2D eigenvalue weighted by Gasteiger charge is -2.12. The van der Waals surface area contributed by atoms with Crippen molar-refractivity contribution in [1.29, 1.82) is 0 Å². The number of aromatic amines is 1. The van der Waals surface area contributed by atoms with Crippen LogP contribution in [0.25, 0.3) is 22.3 Å². The van der Waals surface area contributed by atoms with Gasteiger partial charge in [0.25, 0.3) is 0 Å². The van der Waals surface area contributed by atoms with E-state index in [1.165, 1.54) is 5.56 Å². The number of fused-ring (bicyclic) bond motifs is 1. The van der Waals surface area contributed by atoms with E-state index in [1.807, 2.05) is 55.6 Å². The van der Waals surface area contributed by atoms with Crippen molar-refractivity contribution in [3.63, 3.8) is 0 Å². The van der Waals surface area contributed by atoms with Crippen molar-refractivity contribution in [2.75, 3.05) is 0 Å². The molecular weight excluding hydrogens is 340 g/mol. The number of hydrogen-bond acceptors (Lipinski definition) is 4. The topological polar surface area (TPSA) is 83.8 Å². The van der Waals surface area contributed by atoms with Gasteiger partial charge < -0.3 is 14.8 Å². The van der Waals surface area contributed by atoms with E-state index in [0.29, 0.717) is 5.82 Å². The number of hydrogen-bond donors (Lipinski definition) is 2. The van der Waals surface area contributed by atoms with E-state index in [-0.39, 0.29) is 17.8 Å². The molecule has 0 saturated heterocycles. The molecule has 6 heteroatoms. The quantitative estimate of drug-likeness (QED) is 0.545. The lowest BCUT2D eigenvalue weighted by atomic mass is 10.1. The zero-order valence-electron chi connectivity index (χ0n) is 15.0. The highest BCUT2D eigenvalue weighted by Gasteiger charge is 2.18. The molecule has 1 atom stereocenters. The third kappa shape index (κ3) is 3.89. The molecule has 0 bridgehead atoms. The Balaban J connectivity index is 1.39. The lowest BCUT2D eigenvalue weighted by Crippen LogP contribution is -2.33. The monoisotopic (exact) mass is 360 g/mol. The molecular formula is C21H20N4O2. The highest BCUT2D eigenvalue weighted by atomic mass is 16.5. The second-order valence-electron chi connectivity index (χ2n) is 6.60. The van der Waals surface area contributed by atoms with Gasteiger partial charge in [-0.1, -0.05) is 47.6 Å². The third-order valence-electron chi connectivity index (χ3n) is 4.52. The molecule has 0 spiro atoms. The lowest BCUT2D eigenvalue weighted by molar-refractivity contribution is 0.0894. The minimum Gasteiger partial charge on any atom is -0.361 e. The van der Waals surface area contributed by atoms with Gasteiger partial charge in [0.15, 0.2) is 0 Å². The number of aromatic nitrogens is 3. The average Bonchev–Trinajstić information content (AvgIpc) is 3.36. The number of nitrogens with one attached hydrogen (secondary N) is 2. The molecule has 2 N–H and O–H groups in total. The normalized spacial score (nSPS) is 12.2. The van der Waals surface area contributed by atoms with E-state index in [0.717, 1.165) is 29.3 Å². The van der Waals surface area contributed by atoms with Crippen LogP contribution in [0.3, 0.4) is 0 Å². The molecule has 0 radical (unpaired) electrons. The van der Waals surface area contributed by atoms with Crippen LogP contribution in [0.1, 0.15) is 29.6 Å². The fourth-order valence-corrected chi connectivity index (χ4v) is 3.01. The first-order valence-corrected chi connectivity index (χ1v) is 8.95. The van der Waals surface area contributed by atoms with Crippen molar-refractivity contribution in [3.05, 3.63) is 72.2 Å². The SMILES string of the molecule is C[C@H](CCc1ccccc1)NC(=O)c1nc(-c2ccc3cc[nH]c3c2)no1. The van der Waals surface area contributed by atoms with E-state index in [1.54, 1.807) is 0 Å². The maximum absolute atomic E-state index is 12.4. The summed E-state index contributed by atoms with van der Waals surface area (Å²) < 4.78 is 5.15. The molecule has 6 nitrogen and oxygen atoms in total. The molecule has 2 aromatic carbocycles. The van der Waals surface area contributed by atoms with Gasteiger partial charge in [-0.15, -0.1) is 0 Å². The molecule has 27 heavy (non-hydrogen) atoms. The smallest absolute Gasteiger partial charge is 0.316 e. The minimum atomic E-state index is -0.352. The zero-order chi connectivity index (χ0) is 18.6. The molecule has 0 aliphatic carbocycles. The Hall–Kier alpha value is -3.41. The second-order valence-corrected chi connectivity index (χ2v) is 6.60. The maximum Gasteiger partial charge on any atom is 0.316 e. The van der Waals surface area contributed by atoms with Gasteiger partial charge in [-0.3, -0.25) is 4.79 Å². The number of carbonyl (C=O) groups is 1. The summed E-state index contributed by atoms with van der Waals surface area (Å²) in [5, 5.41) is 7.96. The molecule has 136 valence electrons. The largest absolute Gasteiger partial charge is 0.361 e. The Morgan fingerprint density at radius 3 is 2.89 bits per heavy atom. The first kappa shape index (κ1) is 17.0. The van der Waals surface area contributed by atoms with Crippen LogP contribution in [0.5, 0.6) is 0 Å². The van der Waals surface area contributed by atoms with E-state index >= 15 is 0 Å². The van der Waals surface area contributed by atoms with Crippen LogP contribution in [0, 0.1) is 0 Å². The van der Waals surface area contributed by atoms with Gasteiger partial charge in [0.05, 0.1) is 0 Å². The Kier molecular flexibility index (Phi) is 4.70. The summed E-state index contributed by atoms with van der Waals surface area (Å²) in [6, 6.07) is 18.0. The molecule has 0 fully saturated rings. The predicted octanol–water partition coefficient (Wildman–Crippen LogP) is 3.97. The number of aryl methyl sites for hydroxylation is 1. The van der Waals surface area contributed by atoms with E-state index in [9.17, 15) is 4.79 Å². The van der Waals surface area contributed by atoms with Crippen LogP contribution in [-0.4, -0.2) is 27.1 Å². The van der Waals surface area contributed by atoms with Crippen molar-refractivity contribution in [1.82, 2.24) is 20.4 Å². The zero-order valence-corrected chi connectivity index (χ0v) is 15.0. The number of rotatable bonds is 6. The Morgan fingerprint density at radius 2 is 2.04 bits per heavy atom.